The van der Waals surface area contributed by atoms with Crippen LogP contribution in [0.4, 0.5) is 10.5 Å². The third kappa shape index (κ3) is 4.91. The first kappa shape index (κ1) is 20.1. The fourth-order valence-corrected chi connectivity index (χ4v) is 3.04. The van der Waals surface area contributed by atoms with Gasteiger partial charge in [0.1, 0.15) is 11.6 Å². The Morgan fingerprint density at radius 3 is 2.50 bits per heavy atom. The summed E-state index contributed by atoms with van der Waals surface area (Å²) in [6.45, 7) is 5.95. The molecule has 1 aliphatic rings. The molecule has 2 rings (SSSR count). The second-order valence-corrected chi connectivity index (χ2v) is 7.40. The van der Waals surface area contributed by atoms with E-state index < -0.39 is 29.7 Å². The molecule has 1 aromatic rings. The molecule has 0 radical (unpaired) electrons. The summed E-state index contributed by atoms with van der Waals surface area (Å²) in [5.74, 6) is -0.514. The first-order chi connectivity index (χ1) is 12.2. The number of carbonyl (C=O) groups excluding carboxylic acids is 2. The van der Waals surface area contributed by atoms with Crippen molar-refractivity contribution in [2.45, 2.75) is 45.3 Å². The van der Waals surface area contributed by atoms with Crippen molar-refractivity contribution < 1.29 is 18.5 Å². The number of benzene rings is 1. The summed E-state index contributed by atoms with van der Waals surface area (Å²) in [5.41, 5.74) is 0.189. The van der Waals surface area contributed by atoms with E-state index >= 15 is 0 Å². The summed E-state index contributed by atoms with van der Waals surface area (Å²) >= 11 is 0.821. The predicted molar refractivity (Wildman–Crippen MR) is 102 cm³/mol. The lowest BCUT2D eigenvalue weighted by molar-refractivity contribution is -0.128. The van der Waals surface area contributed by atoms with Gasteiger partial charge in [0.15, 0.2) is 0 Å². The standard InChI is InChI=1S/C18H25N3O4S/c1-18(2,3)24-16(19)21(17(23)25-26-4)15(22)14-11-8-12-20(14)13-9-6-5-7-10-13/h5-7,9-10,14,19H,8,11-12H2,1-4H3/t14-/m0/s1. The van der Waals surface area contributed by atoms with E-state index in [-0.39, 0.29) is 0 Å². The summed E-state index contributed by atoms with van der Waals surface area (Å²) in [7, 11) is 0. The van der Waals surface area contributed by atoms with Crippen molar-refractivity contribution in [2.24, 2.45) is 0 Å². The minimum absolute atomic E-state index is 0.514. The van der Waals surface area contributed by atoms with Gasteiger partial charge in [-0.1, -0.05) is 18.2 Å². The maximum Gasteiger partial charge on any atom is 0.437 e. The van der Waals surface area contributed by atoms with E-state index in [0.29, 0.717) is 17.9 Å². The van der Waals surface area contributed by atoms with Crippen molar-refractivity contribution in [1.82, 2.24) is 4.90 Å². The highest BCUT2D eigenvalue weighted by molar-refractivity contribution is 7.94. The number of carbonyl (C=O) groups is 2. The van der Waals surface area contributed by atoms with Gasteiger partial charge < -0.3 is 13.8 Å². The maximum atomic E-state index is 13.1. The van der Waals surface area contributed by atoms with Gasteiger partial charge in [0.25, 0.3) is 5.91 Å². The van der Waals surface area contributed by atoms with Crippen LogP contribution in [0.25, 0.3) is 0 Å². The van der Waals surface area contributed by atoms with E-state index in [1.807, 2.05) is 35.2 Å². The molecular weight excluding hydrogens is 354 g/mol. The van der Waals surface area contributed by atoms with Crippen LogP contribution < -0.4 is 4.90 Å². The number of nitrogens with zero attached hydrogens (tertiary/aromatic N) is 2. The van der Waals surface area contributed by atoms with Crippen molar-refractivity contribution in [3.05, 3.63) is 30.3 Å². The van der Waals surface area contributed by atoms with Gasteiger partial charge >= 0.3 is 12.1 Å². The number of amidine groups is 1. The predicted octanol–water partition coefficient (Wildman–Crippen LogP) is 3.65. The van der Waals surface area contributed by atoms with Crippen LogP contribution in [0.2, 0.25) is 0 Å². The normalized spacial score (nSPS) is 16.9. The molecule has 1 heterocycles. The molecule has 8 heteroatoms. The molecule has 1 aromatic carbocycles. The molecular formula is C18H25N3O4S. The lowest BCUT2D eigenvalue weighted by Crippen LogP contribution is -2.52. The Morgan fingerprint density at radius 2 is 1.92 bits per heavy atom. The van der Waals surface area contributed by atoms with E-state index in [1.54, 1.807) is 27.0 Å². The van der Waals surface area contributed by atoms with Crippen molar-refractivity contribution in [3.63, 3.8) is 0 Å². The van der Waals surface area contributed by atoms with Gasteiger partial charge in [0, 0.05) is 18.5 Å². The van der Waals surface area contributed by atoms with E-state index in [2.05, 4.69) is 0 Å². The molecule has 1 N–H and O–H groups in total. The zero-order valence-electron chi connectivity index (χ0n) is 15.5. The first-order valence-electron chi connectivity index (χ1n) is 8.42. The number of imide groups is 1. The third-order valence-electron chi connectivity index (χ3n) is 3.79. The first-order valence-corrected chi connectivity index (χ1v) is 9.57. The highest BCUT2D eigenvalue weighted by Crippen LogP contribution is 2.27. The van der Waals surface area contributed by atoms with Crippen LogP contribution in [-0.2, 0) is 13.7 Å². The Labute approximate surface area is 158 Å². The highest BCUT2D eigenvalue weighted by atomic mass is 32.2. The fraction of sp³-hybridized carbons (Fsp3) is 0.500. The van der Waals surface area contributed by atoms with Gasteiger partial charge in [-0.25, -0.2) is 4.79 Å². The van der Waals surface area contributed by atoms with Crippen LogP contribution in [0, 0.1) is 5.41 Å². The number of rotatable bonds is 3. The topological polar surface area (TPSA) is 82.9 Å². The summed E-state index contributed by atoms with van der Waals surface area (Å²) < 4.78 is 10.4. The minimum atomic E-state index is -0.920. The van der Waals surface area contributed by atoms with Gasteiger partial charge in [0.2, 0.25) is 0 Å². The molecule has 26 heavy (non-hydrogen) atoms. The number of hydrogen-bond donors (Lipinski definition) is 1. The van der Waals surface area contributed by atoms with Crippen LogP contribution in [0.15, 0.2) is 30.3 Å². The van der Waals surface area contributed by atoms with Crippen molar-refractivity contribution in [3.8, 4) is 0 Å². The largest absolute Gasteiger partial charge is 0.459 e. The second kappa shape index (κ2) is 8.44. The van der Waals surface area contributed by atoms with Crippen LogP contribution in [-0.4, -0.2) is 47.4 Å². The summed E-state index contributed by atoms with van der Waals surface area (Å²) in [6.07, 6.45) is 2.07. The Hall–Kier alpha value is -2.22. The molecule has 1 saturated heterocycles. The van der Waals surface area contributed by atoms with Gasteiger partial charge in [0.05, 0.1) is 12.0 Å². The van der Waals surface area contributed by atoms with Crippen LogP contribution in [0.1, 0.15) is 33.6 Å². The maximum absolute atomic E-state index is 13.1. The average molecular weight is 379 g/mol. The van der Waals surface area contributed by atoms with E-state index in [1.165, 1.54) is 0 Å². The fourth-order valence-electron chi connectivity index (χ4n) is 2.82. The lowest BCUT2D eigenvalue weighted by atomic mass is 10.1. The summed E-state index contributed by atoms with van der Waals surface area (Å²) in [4.78, 5) is 28.1. The molecule has 2 amide bonds. The second-order valence-electron chi connectivity index (χ2n) is 6.90. The number of nitrogens with one attached hydrogen (secondary N) is 1. The molecule has 1 aliphatic heterocycles. The zero-order valence-corrected chi connectivity index (χ0v) is 16.3. The Bertz CT molecular complexity index is 660. The van der Waals surface area contributed by atoms with Crippen LogP contribution in [0.3, 0.4) is 0 Å². The number of anilines is 1. The van der Waals surface area contributed by atoms with Gasteiger partial charge in [-0.3, -0.25) is 10.2 Å². The molecule has 7 nitrogen and oxygen atoms in total. The molecule has 0 saturated carbocycles. The molecule has 1 atom stereocenters. The van der Waals surface area contributed by atoms with Gasteiger partial charge in [-0.15, -0.1) is 0 Å². The molecule has 1 fully saturated rings. The van der Waals surface area contributed by atoms with E-state index in [9.17, 15) is 9.59 Å². The van der Waals surface area contributed by atoms with Crippen molar-refractivity contribution >= 4 is 35.8 Å². The number of para-hydroxylation sites is 1. The Kier molecular flexibility index (Phi) is 6.52. The molecule has 0 bridgehead atoms. The highest BCUT2D eigenvalue weighted by Gasteiger charge is 2.40. The zero-order chi connectivity index (χ0) is 19.3. The van der Waals surface area contributed by atoms with E-state index in [4.69, 9.17) is 14.3 Å². The van der Waals surface area contributed by atoms with E-state index in [0.717, 1.165) is 24.2 Å². The molecule has 142 valence electrons. The monoisotopic (exact) mass is 379 g/mol. The SMILES string of the molecule is CSOC(=O)N(C(=N)OC(C)(C)C)C(=O)[C@@H]1CCCN1c1ccccc1. The Morgan fingerprint density at radius 1 is 1.27 bits per heavy atom. The van der Waals surface area contributed by atoms with Crippen molar-refractivity contribution in [1.29, 1.82) is 5.41 Å². The van der Waals surface area contributed by atoms with Gasteiger partial charge in [-0.05, 0) is 45.7 Å². The summed E-state index contributed by atoms with van der Waals surface area (Å²) in [5, 5.41) is 8.13. The van der Waals surface area contributed by atoms with Crippen LogP contribution in [0.5, 0.6) is 0 Å². The number of hydrogen-bond acceptors (Lipinski definition) is 7. The molecule has 0 unspecified atom stereocenters. The quantitative estimate of drug-likeness (QED) is 0.490. The minimum Gasteiger partial charge on any atom is -0.459 e. The van der Waals surface area contributed by atoms with Gasteiger partial charge in [-0.2, -0.15) is 4.90 Å². The smallest absolute Gasteiger partial charge is 0.437 e. The average Bonchev–Trinajstić information content (AvgIpc) is 3.04. The third-order valence-corrected chi connectivity index (χ3v) is 4.10. The number of amides is 2. The molecule has 0 spiro atoms. The lowest BCUT2D eigenvalue weighted by Gasteiger charge is -2.31. The number of ether oxygens (including phenoxy) is 1. The summed E-state index contributed by atoms with van der Waals surface area (Å²) in [6, 6.07) is 8.49. The molecule has 0 aliphatic carbocycles. The van der Waals surface area contributed by atoms with Crippen LogP contribution >= 0.6 is 12.0 Å². The molecule has 0 aromatic heterocycles. The van der Waals surface area contributed by atoms with Crippen molar-refractivity contribution in [2.75, 3.05) is 17.7 Å². The Balaban J connectivity index is 2.27.